The van der Waals surface area contributed by atoms with Gasteiger partial charge in [-0.15, -0.1) is 0 Å². The summed E-state index contributed by atoms with van der Waals surface area (Å²) in [4.78, 5) is 10.4. The summed E-state index contributed by atoms with van der Waals surface area (Å²) in [5.41, 5.74) is 1.61. The van der Waals surface area contributed by atoms with Crippen molar-refractivity contribution in [2.75, 3.05) is 0 Å². The quantitative estimate of drug-likeness (QED) is 0.323. The zero-order valence-corrected chi connectivity index (χ0v) is 14.4. The molecule has 3 rings (SSSR count). The summed E-state index contributed by atoms with van der Waals surface area (Å²) in [6.45, 7) is 0. The molecule has 1 aromatic heterocycles. The Morgan fingerprint density at radius 3 is 2.60 bits per heavy atom. The topological polar surface area (TPSA) is 80.1 Å². The third-order valence-corrected chi connectivity index (χ3v) is 4.06. The van der Waals surface area contributed by atoms with E-state index in [0.717, 1.165) is 10.0 Å². The van der Waals surface area contributed by atoms with Gasteiger partial charge in [-0.3, -0.25) is 10.1 Å². The van der Waals surface area contributed by atoms with Crippen molar-refractivity contribution in [1.82, 2.24) is 0 Å². The number of benzene rings is 2. The number of non-ortho nitro benzene ring substituents is 1. The minimum Gasteiger partial charge on any atom is -0.457 e. The standard InChI is InChI=1S/C19H11BrN2O3/c20-16-6-4-13(5-7-16)19-9-8-18(25-19)11-15(12-21)14-2-1-3-17(10-14)22(23)24/h1-11H/b15-11+. The van der Waals surface area contributed by atoms with Gasteiger partial charge < -0.3 is 4.42 Å². The first-order valence-corrected chi connectivity index (χ1v) is 8.08. The minimum absolute atomic E-state index is 0.0614. The Kier molecular flexibility index (Phi) is 4.78. The summed E-state index contributed by atoms with van der Waals surface area (Å²) < 4.78 is 6.74. The van der Waals surface area contributed by atoms with E-state index in [1.807, 2.05) is 30.3 Å². The van der Waals surface area contributed by atoms with E-state index in [9.17, 15) is 15.4 Å². The van der Waals surface area contributed by atoms with Gasteiger partial charge in [0.1, 0.15) is 11.5 Å². The van der Waals surface area contributed by atoms with E-state index in [1.54, 1.807) is 24.3 Å². The number of nitriles is 1. The Morgan fingerprint density at radius 1 is 1.16 bits per heavy atom. The molecule has 0 aliphatic heterocycles. The van der Waals surface area contributed by atoms with E-state index in [1.165, 1.54) is 12.1 Å². The molecule has 0 atom stereocenters. The zero-order chi connectivity index (χ0) is 17.8. The van der Waals surface area contributed by atoms with E-state index in [2.05, 4.69) is 22.0 Å². The Balaban J connectivity index is 1.93. The smallest absolute Gasteiger partial charge is 0.270 e. The van der Waals surface area contributed by atoms with Crippen molar-refractivity contribution in [2.45, 2.75) is 0 Å². The van der Waals surface area contributed by atoms with Gasteiger partial charge in [-0.25, -0.2) is 0 Å². The van der Waals surface area contributed by atoms with E-state index in [4.69, 9.17) is 4.42 Å². The largest absolute Gasteiger partial charge is 0.457 e. The second kappa shape index (κ2) is 7.16. The van der Waals surface area contributed by atoms with Crippen LogP contribution >= 0.6 is 15.9 Å². The molecule has 1 heterocycles. The number of nitrogens with zero attached hydrogens (tertiary/aromatic N) is 2. The predicted octanol–water partition coefficient (Wildman–Crippen LogP) is 5.68. The maximum absolute atomic E-state index is 10.9. The molecule has 0 saturated heterocycles. The number of nitro groups is 1. The second-order valence-corrected chi connectivity index (χ2v) is 6.10. The molecular weight excluding hydrogens is 384 g/mol. The van der Waals surface area contributed by atoms with Gasteiger partial charge in [0, 0.05) is 22.2 Å². The van der Waals surface area contributed by atoms with Gasteiger partial charge in [0.25, 0.3) is 5.69 Å². The molecule has 3 aromatic rings. The molecule has 5 nitrogen and oxygen atoms in total. The Hall–Kier alpha value is -3.17. The van der Waals surface area contributed by atoms with Crippen LogP contribution in [0.25, 0.3) is 23.0 Å². The number of hydrogen-bond acceptors (Lipinski definition) is 4. The molecule has 0 amide bonds. The molecule has 0 bridgehead atoms. The van der Waals surface area contributed by atoms with Crippen LogP contribution in [0.2, 0.25) is 0 Å². The molecule has 2 aromatic carbocycles. The van der Waals surface area contributed by atoms with Crippen molar-refractivity contribution in [1.29, 1.82) is 5.26 Å². The van der Waals surface area contributed by atoms with Gasteiger partial charge in [0.05, 0.1) is 16.6 Å². The summed E-state index contributed by atoms with van der Waals surface area (Å²) in [6, 6.07) is 19.3. The summed E-state index contributed by atoms with van der Waals surface area (Å²) in [6.07, 6.45) is 1.57. The molecule has 0 unspecified atom stereocenters. The molecule has 0 spiro atoms. The fourth-order valence-electron chi connectivity index (χ4n) is 2.31. The minimum atomic E-state index is -0.489. The Morgan fingerprint density at radius 2 is 1.92 bits per heavy atom. The molecule has 0 radical (unpaired) electrons. The number of allylic oxidation sites excluding steroid dienone is 1. The van der Waals surface area contributed by atoms with Gasteiger partial charge in [-0.1, -0.05) is 40.2 Å². The molecular formula is C19H11BrN2O3. The predicted molar refractivity (Wildman–Crippen MR) is 98.4 cm³/mol. The lowest BCUT2D eigenvalue weighted by atomic mass is 10.1. The van der Waals surface area contributed by atoms with E-state index >= 15 is 0 Å². The van der Waals surface area contributed by atoms with Crippen molar-refractivity contribution >= 4 is 33.3 Å². The first-order valence-electron chi connectivity index (χ1n) is 7.29. The molecule has 0 saturated carbocycles. The van der Waals surface area contributed by atoms with Crippen LogP contribution in [0.15, 0.2) is 69.6 Å². The first-order chi connectivity index (χ1) is 12.1. The highest BCUT2D eigenvalue weighted by Gasteiger charge is 2.10. The molecule has 0 N–H and O–H groups in total. The van der Waals surface area contributed by atoms with Crippen LogP contribution in [0.3, 0.4) is 0 Å². The fourth-order valence-corrected chi connectivity index (χ4v) is 2.57. The lowest BCUT2D eigenvalue weighted by Crippen LogP contribution is -1.89. The van der Waals surface area contributed by atoms with Crippen molar-refractivity contribution in [3.8, 4) is 17.4 Å². The summed E-state index contributed by atoms with van der Waals surface area (Å²) in [5.74, 6) is 1.18. The monoisotopic (exact) mass is 394 g/mol. The van der Waals surface area contributed by atoms with Gasteiger partial charge in [0.15, 0.2) is 0 Å². The van der Waals surface area contributed by atoms with Crippen LogP contribution in [0, 0.1) is 21.4 Å². The summed E-state index contributed by atoms with van der Waals surface area (Å²) >= 11 is 3.38. The highest BCUT2D eigenvalue weighted by Crippen LogP contribution is 2.27. The highest BCUT2D eigenvalue weighted by atomic mass is 79.9. The summed E-state index contributed by atoms with van der Waals surface area (Å²) in [5, 5.41) is 20.3. The summed E-state index contributed by atoms with van der Waals surface area (Å²) in [7, 11) is 0. The Bertz CT molecular complexity index is 998. The molecule has 25 heavy (non-hydrogen) atoms. The van der Waals surface area contributed by atoms with Crippen LogP contribution in [-0.4, -0.2) is 4.92 Å². The van der Waals surface area contributed by atoms with Crippen LogP contribution in [0.1, 0.15) is 11.3 Å². The maximum Gasteiger partial charge on any atom is 0.270 e. The van der Waals surface area contributed by atoms with Gasteiger partial charge in [-0.2, -0.15) is 5.26 Å². The van der Waals surface area contributed by atoms with Crippen LogP contribution in [0.4, 0.5) is 5.69 Å². The molecule has 0 aliphatic rings. The van der Waals surface area contributed by atoms with Crippen LogP contribution in [-0.2, 0) is 0 Å². The Labute approximate surface area is 152 Å². The third kappa shape index (κ3) is 3.84. The van der Waals surface area contributed by atoms with Crippen LogP contribution in [0.5, 0.6) is 0 Å². The van der Waals surface area contributed by atoms with E-state index in [0.29, 0.717) is 22.7 Å². The van der Waals surface area contributed by atoms with E-state index < -0.39 is 4.92 Å². The normalized spacial score (nSPS) is 11.1. The second-order valence-electron chi connectivity index (χ2n) is 5.19. The van der Waals surface area contributed by atoms with Crippen molar-refractivity contribution in [3.63, 3.8) is 0 Å². The number of furan rings is 1. The van der Waals surface area contributed by atoms with Crippen LogP contribution < -0.4 is 0 Å². The average Bonchev–Trinajstić information content (AvgIpc) is 3.09. The molecule has 0 fully saturated rings. The van der Waals surface area contributed by atoms with E-state index in [-0.39, 0.29) is 5.69 Å². The maximum atomic E-state index is 10.9. The van der Waals surface area contributed by atoms with Gasteiger partial charge in [0.2, 0.25) is 0 Å². The average molecular weight is 395 g/mol. The van der Waals surface area contributed by atoms with Crippen molar-refractivity contribution < 1.29 is 9.34 Å². The number of halogens is 1. The van der Waals surface area contributed by atoms with Gasteiger partial charge in [-0.05, 0) is 35.9 Å². The first kappa shape index (κ1) is 16.7. The third-order valence-electron chi connectivity index (χ3n) is 3.53. The molecule has 122 valence electrons. The molecule has 0 aliphatic carbocycles. The van der Waals surface area contributed by atoms with Crippen molar-refractivity contribution in [2.24, 2.45) is 0 Å². The fraction of sp³-hybridized carbons (Fsp3) is 0. The highest BCUT2D eigenvalue weighted by molar-refractivity contribution is 9.10. The number of nitro benzene ring substituents is 1. The van der Waals surface area contributed by atoms with Crippen molar-refractivity contribution in [3.05, 3.63) is 86.6 Å². The van der Waals surface area contributed by atoms with Gasteiger partial charge >= 0.3 is 0 Å². The number of rotatable bonds is 4. The lowest BCUT2D eigenvalue weighted by Gasteiger charge is -1.99. The zero-order valence-electron chi connectivity index (χ0n) is 12.8. The SMILES string of the molecule is N#C/C(=C\c1ccc(-c2ccc(Br)cc2)o1)c1cccc([N+](=O)[O-])c1. The molecule has 6 heteroatoms. The lowest BCUT2D eigenvalue weighted by molar-refractivity contribution is -0.384. The number of hydrogen-bond donors (Lipinski definition) is 0.